The van der Waals surface area contributed by atoms with Crippen LogP contribution in [-0.2, 0) is 9.53 Å². The molecule has 1 aromatic carbocycles. The van der Waals surface area contributed by atoms with E-state index in [0.717, 1.165) is 6.42 Å². The first kappa shape index (κ1) is 13.1. The molecular formula is C15H21NO2. The number of benzene rings is 1. The number of methoxy groups -OCH3 is 1. The van der Waals surface area contributed by atoms with E-state index in [2.05, 4.69) is 17.4 Å². The van der Waals surface area contributed by atoms with E-state index in [1.807, 2.05) is 25.1 Å². The summed E-state index contributed by atoms with van der Waals surface area (Å²) in [5.41, 5.74) is 1.27. The molecule has 1 saturated carbocycles. The zero-order valence-corrected chi connectivity index (χ0v) is 11.1. The summed E-state index contributed by atoms with van der Waals surface area (Å²) in [5.74, 6) is 0.491. The molecule has 1 aliphatic carbocycles. The molecule has 0 bridgehead atoms. The predicted molar refractivity (Wildman–Crippen MR) is 71.1 cm³/mol. The minimum Gasteiger partial charge on any atom is -0.468 e. The Hall–Kier alpha value is -1.35. The van der Waals surface area contributed by atoms with Gasteiger partial charge in [-0.2, -0.15) is 0 Å². The van der Waals surface area contributed by atoms with Crippen molar-refractivity contribution in [2.24, 2.45) is 5.92 Å². The van der Waals surface area contributed by atoms with Crippen LogP contribution in [0.25, 0.3) is 0 Å². The number of nitrogens with one attached hydrogen (secondary N) is 1. The minimum atomic E-state index is -0.208. The zero-order chi connectivity index (χ0) is 13.0. The lowest BCUT2D eigenvalue weighted by Crippen LogP contribution is -2.40. The molecule has 0 aromatic heterocycles. The number of carbonyl (C=O) groups excluding carboxylic acids is 1. The first-order valence-electron chi connectivity index (χ1n) is 6.65. The van der Waals surface area contributed by atoms with Crippen LogP contribution in [0.4, 0.5) is 0 Å². The molecule has 2 rings (SSSR count). The Morgan fingerprint density at radius 3 is 2.56 bits per heavy atom. The van der Waals surface area contributed by atoms with E-state index in [0.29, 0.717) is 5.92 Å². The van der Waals surface area contributed by atoms with E-state index < -0.39 is 0 Å². The molecule has 0 aliphatic heterocycles. The molecule has 0 saturated heterocycles. The highest BCUT2D eigenvalue weighted by molar-refractivity contribution is 5.75. The van der Waals surface area contributed by atoms with Crippen LogP contribution in [0.5, 0.6) is 0 Å². The normalized spacial score (nSPS) is 18.1. The van der Waals surface area contributed by atoms with Crippen LogP contribution in [0, 0.1) is 5.92 Å². The average Bonchev–Trinajstić information content (AvgIpc) is 3.25. The Bertz CT molecular complexity index is 387. The summed E-state index contributed by atoms with van der Waals surface area (Å²) in [6, 6.07) is 10.4. The SMILES string of the molecule is CCC(NC(c1ccccc1)C1CC1)C(=O)OC. The number of hydrogen-bond acceptors (Lipinski definition) is 3. The Kier molecular flexibility index (Phi) is 4.37. The number of esters is 1. The van der Waals surface area contributed by atoms with Gasteiger partial charge in [-0.25, -0.2) is 0 Å². The minimum absolute atomic E-state index is 0.168. The number of rotatable bonds is 6. The van der Waals surface area contributed by atoms with Crippen molar-refractivity contribution in [1.82, 2.24) is 5.32 Å². The Morgan fingerprint density at radius 2 is 2.06 bits per heavy atom. The van der Waals surface area contributed by atoms with Crippen LogP contribution >= 0.6 is 0 Å². The molecule has 0 spiro atoms. The van der Waals surface area contributed by atoms with Crippen LogP contribution in [0.2, 0.25) is 0 Å². The zero-order valence-electron chi connectivity index (χ0n) is 11.1. The molecule has 0 radical (unpaired) electrons. The summed E-state index contributed by atoms with van der Waals surface area (Å²) in [7, 11) is 1.45. The van der Waals surface area contributed by atoms with Crippen molar-refractivity contribution in [3.8, 4) is 0 Å². The number of carbonyl (C=O) groups is 1. The van der Waals surface area contributed by atoms with Gasteiger partial charge in [0, 0.05) is 6.04 Å². The smallest absolute Gasteiger partial charge is 0.322 e. The summed E-state index contributed by atoms with van der Waals surface area (Å²) < 4.78 is 4.84. The average molecular weight is 247 g/mol. The fourth-order valence-corrected chi connectivity index (χ4v) is 2.31. The van der Waals surface area contributed by atoms with E-state index in [9.17, 15) is 4.79 Å². The van der Waals surface area contributed by atoms with E-state index >= 15 is 0 Å². The van der Waals surface area contributed by atoms with Crippen molar-refractivity contribution < 1.29 is 9.53 Å². The van der Waals surface area contributed by atoms with E-state index in [1.165, 1.54) is 25.5 Å². The van der Waals surface area contributed by atoms with E-state index in [-0.39, 0.29) is 18.1 Å². The monoisotopic (exact) mass is 247 g/mol. The Morgan fingerprint density at radius 1 is 1.39 bits per heavy atom. The molecule has 1 aliphatic rings. The molecule has 1 aromatic rings. The third-order valence-corrected chi connectivity index (χ3v) is 3.53. The summed E-state index contributed by atoms with van der Waals surface area (Å²) >= 11 is 0. The second kappa shape index (κ2) is 6.01. The Labute approximate surface area is 109 Å². The van der Waals surface area contributed by atoms with Gasteiger partial charge in [0.05, 0.1) is 7.11 Å². The highest BCUT2D eigenvalue weighted by Gasteiger charge is 2.34. The summed E-state index contributed by atoms with van der Waals surface area (Å²) in [4.78, 5) is 11.7. The van der Waals surface area contributed by atoms with Gasteiger partial charge in [0.15, 0.2) is 0 Å². The van der Waals surface area contributed by atoms with Gasteiger partial charge in [0.2, 0.25) is 0 Å². The highest BCUT2D eigenvalue weighted by atomic mass is 16.5. The van der Waals surface area contributed by atoms with Crippen molar-refractivity contribution in [2.45, 2.75) is 38.3 Å². The molecular weight excluding hydrogens is 226 g/mol. The van der Waals surface area contributed by atoms with Crippen LogP contribution in [0.3, 0.4) is 0 Å². The first-order valence-corrected chi connectivity index (χ1v) is 6.65. The van der Waals surface area contributed by atoms with Crippen molar-refractivity contribution in [3.63, 3.8) is 0 Å². The van der Waals surface area contributed by atoms with Gasteiger partial charge in [-0.1, -0.05) is 37.3 Å². The van der Waals surface area contributed by atoms with Crippen LogP contribution in [0.1, 0.15) is 37.8 Å². The lowest BCUT2D eigenvalue weighted by Gasteiger charge is -2.24. The van der Waals surface area contributed by atoms with Crippen molar-refractivity contribution in [1.29, 1.82) is 0 Å². The fourth-order valence-electron chi connectivity index (χ4n) is 2.31. The number of hydrogen-bond donors (Lipinski definition) is 1. The Balaban J connectivity index is 2.09. The second-order valence-corrected chi connectivity index (χ2v) is 4.88. The lowest BCUT2D eigenvalue weighted by atomic mass is 10.0. The molecule has 0 heterocycles. The molecule has 98 valence electrons. The molecule has 1 N–H and O–H groups in total. The van der Waals surface area contributed by atoms with Crippen molar-refractivity contribution in [2.75, 3.05) is 7.11 Å². The largest absolute Gasteiger partial charge is 0.468 e. The second-order valence-electron chi connectivity index (χ2n) is 4.88. The maximum Gasteiger partial charge on any atom is 0.322 e. The molecule has 2 unspecified atom stereocenters. The molecule has 18 heavy (non-hydrogen) atoms. The molecule has 3 nitrogen and oxygen atoms in total. The van der Waals surface area contributed by atoms with Gasteiger partial charge in [0.1, 0.15) is 6.04 Å². The van der Waals surface area contributed by atoms with Gasteiger partial charge in [-0.05, 0) is 30.7 Å². The molecule has 2 atom stereocenters. The fraction of sp³-hybridized carbons (Fsp3) is 0.533. The standard InChI is InChI=1S/C15H21NO2/c1-3-13(15(17)18-2)16-14(12-9-10-12)11-7-5-4-6-8-11/h4-8,12-14,16H,3,9-10H2,1-2H3. The van der Waals surface area contributed by atoms with Gasteiger partial charge >= 0.3 is 5.97 Å². The molecule has 0 amide bonds. The molecule has 3 heteroatoms. The van der Waals surface area contributed by atoms with Crippen LogP contribution in [0.15, 0.2) is 30.3 Å². The van der Waals surface area contributed by atoms with Gasteiger partial charge in [-0.3, -0.25) is 10.1 Å². The maximum absolute atomic E-state index is 11.7. The third kappa shape index (κ3) is 3.10. The summed E-state index contributed by atoms with van der Waals surface area (Å²) in [5, 5.41) is 3.46. The van der Waals surface area contributed by atoms with E-state index in [4.69, 9.17) is 4.74 Å². The van der Waals surface area contributed by atoms with Gasteiger partial charge in [0.25, 0.3) is 0 Å². The summed E-state index contributed by atoms with van der Waals surface area (Å²) in [6.45, 7) is 2.00. The first-order chi connectivity index (χ1) is 8.76. The maximum atomic E-state index is 11.7. The molecule has 1 fully saturated rings. The van der Waals surface area contributed by atoms with Crippen LogP contribution < -0.4 is 5.32 Å². The van der Waals surface area contributed by atoms with E-state index in [1.54, 1.807) is 0 Å². The predicted octanol–water partition coefficient (Wildman–Crippen LogP) is 2.68. The van der Waals surface area contributed by atoms with Crippen molar-refractivity contribution >= 4 is 5.97 Å². The van der Waals surface area contributed by atoms with Crippen LogP contribution in [-0.4, -0.2) is 19.1 Å². The van der Waals surface area contributed by atoms with Gasteiger partial charge in [-0.15, -0.1) is 0 Å². The highest BCUT2D eigenvalue weighted by Crippen LogP contribution is 2.41. The summed E-state index contributed by atoms with van der Waals surface area (Å²) in [6.07, 6.45) is 3.23. The third-order valence-electron chi connectivity index (χ3n) is 3.53. The van der Waals surface area contributed by atoms with Gasteiger partial charge < -0.3 is 4.74 Å². The lowest BCUT2D eigenvalue weighted by molar-refractivity contribution is -0.143. The quantitative estimate of drug-likeness (QED) is 0.785. The number of ether oxygens (including phenoxy) is 1. The van der Waals surface area contributed by atoms with Crippen molar-refractivity contribution in [3.05, 3.63) is 35.9 Å². The topological polar surface area (TPSA) is 38.3 Å².